The molecule has 0 radical (unpaired) electrons. The minimum Gasteiger partial charge on any atom is -0.342 e. The average Bonchev–Trinajstić information content (AvgIpc) is 2.93. The molecule has 2 aromatic heterocycles. The van der Waals surface area contributed by atoms with Crippen LogP contribution in [0.3, 0.4) is 0 Å². The molecular formula is C11H13N7O2. The molecular weight excluding hydrogens is 262 g/mol. The summed E-state index contributed by atoms with van der Waals surface area (Å²) < 4.78 is 2.02. The Labute approximate surface area is 114 Å². The molecule has 20 heavy (non-hydrogen) atoms. The monoisotopic (exact) mass is 275 g/mol. The number of nitro groups is 1. The Bertz CT molecular complexity index is 654. The first kappa shape index (κ1) is 12.4. The third kappa shape index (κ3) is 2.03. The second kappa shape index (κ2) is 4.78. The van der Waals surface area contributed by atoms with Gasteiger partial charge in [-0.2, -0.15) is 0 Å². The van der Waals surface area contributed by atoms with Crippen LogP contribution in [0.5, 0.6) is 0 Å². The Morgan fingerprint density at radius 2 is 2.25 bits per heavy atom. The van der Waals surface area contributed by atoms with Gasteiger partial charge in [-0.3, -0.25) is 10.1 Å². The first-order valence-corrected chi connectivity index (χ1v) is 6.06. The highest BCUT2D eigenvalue weighted by Gasteiger charge is 2.25. The Morgan fingerprint density at radius 1 is 1.40 bits per heavy atom. The molecule has 104 valence electrons. The normalized spacial score (nSPS) is 13.9. The molecule has 0 aromatic carbocycles. The molecule has 9 nitrogen and oxygen atoms in total. The van der Waals surface area contributed by atoms with Gasteiger partial charge in [0.15, 0.2) is 0 Å². The standard InChI is InChI=1S/C11H13N7O2/c12-15-9-2-1-8(18(19)20)11(14-9)17-6-5-16-4-3-13-10(16)7-17/h1-4H,5-7,12H2,(H,14,15). The summed E-state index contributed by atoms with van der Waals surface area (Å²) in [6, 6.07) is 2.88. The molecule has 0 unspecified atom stereocenters. The van der Waals surface area contributed by atoms with Crippen LogP contribution in [0.1, 0.15) is 5.82 Å². The molecule has 3 heterocycles. The van der Waals surface area contributed by atoms with E-state index in [-0.39, 0.29) is 5.69 Å². The van der Waals surface area contributed by atoms with Crippen molar-refractivity contribution < 1.29 is 4.92 Å². The van der Waals surface area contributed by atoms with E-state index in [1.807, 2.05) is 15.7 Å². The number of nitrogens with two attached hydrogens (primary N) is 1. The van der Waals surface area contributed by atoms with Gasteiger partial charge in [-0.05, 0) is 6.07 Å². The van der Waals surface area contributed by atoms with Gasteiger partial charge in [0, 0.05) is 31.5 Å². The summed E-state index contributed by atoms with van der Waals surface area (Å²) in [5, 5.41) is 11.1. The van der Waals surface area contributed by atoms with Crippen molar-refractivity contribution in [3.8, 4) is 0 Å². The van der Waals surface area contributed by atoms with Gasteiger partial charge in [0.1, 0.15) is 11.6 Å². The maximum absolute atomic E-state index is 11.1. The molecule has 3 rings (SSSR count). The second-order valence-corrected chi connectivity index (χ2v) is 4.40. The first-order chi connectivity index (χ1) is 9.69. The second-order valence-electron chi connectivity index (χ2n) is 4.40. The van der Waals surface area contributed by atoms with Gasteiger partial charge in [-0.1, -0.05) is 0 Å². The third-order valence-corrected chi connectivity index (χ3v) is 3.24. The summed E-state index contributed by atoms with van der Waals surface area (Å²) in [4.78, 5) is 21.0. The molecule has 0 saturated heterocycles. The minimum atomic E-state index is -0.441. The molecule has 0 spiro atoms. The lowest BCUT2D eigenvalue weighted by atomic mass is 10.3. The van der Waals surface area contributed by atoms with Crippen LogP contribution in [0.15, 0.2) is 24.5 Å². The van der Waals surface area contributed by atoms with Crippen LogP contribution < -0.4 is 16.2 Å². The van der Waals surface area contributed by atoms with E-state index >= 15 is 0 Å². The molecule has 0 bridgehead atoms. The number of nitrogens with zero attached hydrogens (tertiary/aromatic N) is 5. The fraction of sp³-hybridized carbons (Fsp3) is 0.273. The fourth-order valence-electron chi connectivity index (χ4n) is 2.25. The summed E-state index contributed by atoms with van der Waals surface area (Å²) in [5.74, 6) is 6.87. The number of nitrogens with one attached hydrogen (secondary N) is 1. The van der Waals surface area contributed by atoms with E-state index in [9.17, 15) is 10.1 Å². The molecule has 0 saturated carbocycles. The number of nitrogen functional groups attached to an aromatic ring is 1. The molecule has 1 aliphatic rings. The number of imidazole rings is 1. The van der Waals surface area contributed by atoms with Gasteiger partial charge in [0.2, 0.25) is 5.82 Å². The zero-order valence-electron chi connectivity index (χ0n) is 10.6. The van der Waals surface area contributed by atoms with Gasteiger partial charge in [-0.15, -0.1) is 0 Å². The zero-order chi connectivity index (χ0) is 14.1. The van der Waals surface area contributed by atoms with Crippen LogP contribution in [0.2, 0.25) is 0 Å². The highest BCUT2D eigenvalue weighted by molar-refractivity contribution is 5.61. The molecule has 0 aliphatic carbocycles. The Balaban J connectivity index is 1.99. The summed E-state index contributed by atoms with van der Waals surface area (Å²) in [5.41, 5.74) is 2.37. The van der Waals surface area contributed by atoms with Crippen LogP contribution in [-0.2, 0) is 13.1 Å². The third-order valence-electron chi connectivity index (χ3n) is 3.24. The number of fused-ring (bicyclic) bond motifs is 1. The fourth-order valence-corrected chi connectivity index (χ4v) is 2.25. The molecule has 0 atom stereocenters. The van der Waals surface area contributed by atoms with Crippen LogP contribution in [-0.4, -0.2) is 26.0 Å². The van der Waals surface area contributed by atoms with Crippen LogP contribution >= 0.6 is 0 Å². The highest BCUT2D eigenvalue weighted by atomic mass is 16.6. The van der Waals surface area contributed by atoms with Crippen LogP contribution in [0, 0.1) is 10.1 Å². The number of anilines is 2. The predicted molar refractivity (Wildman–Crippen MR) is 72.0 cm³/mol. The number of hydrogen-bond donors (Lipinski definition) is 2. The van der Waals surface area contributed by atoms with E-state index in [0.717, 1.165) is 5.82 Å². The van der Waals surface area contributed by atoms with Crippen molar-refractivity contribution >= 4 is 17.3 Å². The van der Waals surface area contributed by atoms with E-state index in [2.05, 4.69) is 15.4 Å². The zero-order valence-corrected chi connectivity index (χ0v) is 10.6. The molecule has 1 aliphatic heterocycles. The van der Waals surface area contributed by atoms with Gasteiger partial charge in [0.05, 0.1) is 11.5 Å². The SMILES string of the molecule is NNc1ccc([N+](=O)[O-])c(N2CCn3ccnc3C2)n1. The highest BCUT2D eigenvalue weighted by Crippen LogP contribution is 2.29. The van der Waals surface area contributed by atoms with E-state index in [0.29, 0.717) is 31.3 Å². The van der Waals surface area contributed by atoms with Crippen molar-refractivity contribution in [1.82, 2.24) is 14.5 Å². The van der Waals surface area contributed by atoms with Crippen molar-refractivity contribution in [2.45, 2.75) is 13.1 Å². The summed E-state index contributed by atoms with van der Waals surface area (Å²) in [6.45, 7) is 1.83. The minimum absolute atomic E-state index is 0.0380. The van der Waals surface area contributed by atoms with Crippen molar-refractivity contribution in [3.05, 3.63) is 40.5 Å². The smallest absolute Gasteiger partial charge is 0.311 e. The molecule has 3 N–H and O–H groups in total. The lowest BCUT2D eigenvalue weighted by Gasteiger charge is -2.28. The van der Waals surface area contributed by atoms with E-state index < -0.39 is 4.92 Å². The Kier molecular flexibility index (Phi) is 2.95. The number of hydrazine groups is 1. The number of hydrogen-bond acceptors (Lipinski definition) is 7. The van der Waals surface area contributed by atoms with Gasteiger partial charge >= 0.3 is 5.69 Å². The largest absolute Gasteiger partial charge is 0.342 e. The Hall–Kier alpha value is -2.68. The average molecular weight is 275 g/mol. The summed E-state index contributed by atoms with van der Waals surface area (Å²) in [6.07, 6.45) is 3.62. The van der Waals surface area contributed by atoms with E-state index in [1.54, 1.807) is 6.20 Å². The van der Waals surface area contributed by atoms with Crippen molar-refractivity contribution in [2.75, 3.05) is 16.9 Å². The Morgan fingerprint density at radius 3 is 3.00 bits per heavy atom. The summed E-state index contributed by atoms with van der Waals surface area (Å²) in [7, 11) is 0. The van der Waals surface area contributed by atoms with E-state index in [4.69, 9.17) is 5.84 Å². The molecule has 0 amide bonds. The van der Waals surface area contributed by atoms with Crippen molar-refractivity contribution in [1.29, 1.82) is 0 Å². The van der Waals surface area contributed by atoms with Crippen LogP contribution in [0.25, 0.3) is 0 Å². The number of rotatable bonds is 3. The van der Waals surface area contributed by atoms with Gasteiger partial charge in [0.25, 0.3) is 0 Å². The molecule has 9 heteroatoms. The number of aromatic nitrogens is 3. The molecule has 0 fully saturated rings. The van der Waals surface area contributed by atoms with Crippen molar-refractivity contribution in [3.63, 3.8) is 0 Å². The van der Waals surface area contributed by atoms with Gasteiger partial charge in [-0.25, -0.2) is 15.8 Å². The first-order valence-electron chi connectivity index (χ1n) is 6.06. The summed E-state index contributed by atoms with van der Waals surface area (Å²) >= 11 is 0. The molecule has 2 aromatic rings. The van der Waals surface area contributed by atoms with Crippen LogP contribution in [0.4, 0.5) is 17.3 Å². The van der Waals surface area contributed by atoms with Gasteiger partial charge < -0.3 is 14.9 Å². The lowest BCUT2D eigenvalue weighted by molar-refractivity contribution is -0.384. The predicted octanol–water partition coefficient (Wildman–Crippen LogP) is 0.492. The maximum atomic E-state index is 11.1. The maximum Gasteiger partial charge on any atom is 0.311 e. The van der Waals surface area contributed by atoms with E-state index in [1.165, 1.54) is 12.1 Å². The number of pyridine rings is 1. The quantitative estimate of drug-likeness (QED) is 0.476. The van der Waals surface area contributed by atoms with Crippen molar-refractivity contribution in [2.24, 2.45) is 5.84 Å². The lowest BCUT2D eigenvalue weighted by Crippen LogP contribution is -2.34. The topological polar surface area (TPSA) is 115 Å².